The van der Waals surface area contributed by atoms with E-state index in [1.165, 1.54) is 66.7 Å². The first-order valence-electron chi connectivity index (χ1n) is 10.8. The van der Waals surface area contributed by atoms with Crippen LogP contribution < -0.4 is 10.9 Å². The van der Waals surface area contributed by atoms with Crippen molar-refractivity contribution >= 4 is 22.4 Å². The van der Waals surface area contributed by atoms with Crippen molar-refractivity contribution in [3.63, 3.8) is 0 Å². The van der Waals surface area contributed by atoms with Gasteiger partial charge in [-0.3, -0.25) is 14.9 Å². The Hall–Kier alpha value is -2.09. The molecule has 29 heavy (non-hydrogen) atoms. The molecule has 154 valence electrons. The zero-order chi connectivity index (χ0) is 20.0. The minimum absolute atomic E-state index is 0.182. The molecule has 0 saturated heterocycles. The van der Waals surface area contributed by atoms with Crippen LogP contribution in [0.1, 0.15) is 73.8 Å². The van der Waals surface area contributed by atoms with Gasteiger partial charge in [-0.25, -0.2) is 4.68 Å². The van der Waals surface area contributed by atoms with Gasteiger partial charge in [0.1, 0.15) is 10.7 Å². The highest BCUT2D eigenvalue weighted by molar-refractivity contribution is 7.15. The standard InChI is InChI=1S/C21H27N5O2S/c1-2-3-6-26-17(27)5-4-16(25-26)18(28)22-20-24-23-19(29-20)21-10-13-7-14(11-21)9-15(8-13)12-21/h4-5,13-15H,2-3,6-12H2,1H3,(H,22,24,28). The van der Waals surface area contributed by atoms with E-state index in [4.69, 9.17) is 0 Å². The fourth-order valence-electron chi connectivity index (χ4n) is 6.06. The number of unbranched alkanes of at least 4 members (excludes halogenated alkanes) is 1. The SMILES string of the molecule is CCCCn1nc(C(=O)Nc2nnc(C34CC5CC(CC(C5)C3)C4)s2)ccc1=O. The molecular weight excluding hydrogens is 386 g/mol. The maximum Gasteiger partial charge on any atom is 0.277 e. The quantitative estimate of drug-likeness (QED) is 0.781. The minimum Gasteiger partial charge on any atom is -0.295 e. The fourth-order valence-corrected chi connectivity index (χ4v) is 7.02. The van der Waals surface area contributed by atoms with Crippen LogP contribution in [0, 0.1) is 17.8 Å². The molecule has 1 amide bonds. The van der Waals surface area contributed by atoms with Gasteiger partial charge in [-0.15, -0.1) is 10.2 Å². The molecule has 7 nitrogen and oxygen atoms in total. The van der Waals surface area contributed by atoms with Crippen molar-refractivity contribution in [3.8, 4) is 0 Å². The zero-order valence-electron chi connectivity index (χ0n) is 16.8. The summed E-state index contributed by atoms with van der Waals surface area (Å²) in [6.07, 6.45) is 9.66. The fraction of sp³-hybridized carbons (Fsp3) is 0.667. The van der Waals surface area contributed by atoms with E-state index in [2.05, 4.69) is 27.5 Å². The molecule has 0 atom stereocenters. The van der Waals surface area contributed by atoms with Gasteiger partial charge in [0, 0.05) is 18.0 Å². The van der Waals surface area contributed by atoms with E-state index in [0.29, 0.717) is 11.7 Å². The first-order valence-corrected chi connectivity index (χ1v) is 11.6. The highest BCUT2D eigenvalue weighted by Gasteiger charge is 2.53. The maximum atomic E-state index is 12.7. The first-order chi connectivity index (χ1) is 14.0. The van der Waals surface area contributed by atoms with Crippen molar-refractivity contribution < 1.29 is 4.79 Å². The average Bonchev–Trinajstić information content (AvgIpc) is 3.15. The van der Waals surface area contributed by atoms with Crippen LogP contribution in [-0.4, -0.2) is 25.9 Å². The van der Waals surface area contributed by atoms with Crippen molar-refractivity contribution in [2.45, 2.75) is 70.3 Å². The number of nitrogens with one attached hydrogen (secondary N) is 1. The van der Waals surface area contributed by atoms with Gasteiger partial charge in [-0.1, -0.05) is 24.7 Å². The molecule has 0 aromatic carbocycles. The number of anilines is 1. The third-order valence-electron chi connectivity index (χ3n) is 6.96. The van der Waals surface area contributed by atoms with E-state index < -0.39 is 0 Å². The topological polar surface area (TPSA) is 89.8 Å². The summed E-state index contributed by atoms with van der Waals surface area (Å²) in [4.78, 5) is 24.6. The van der Waals surface area contributed by atoms with Crippen LogP contribution in [0.25, 0.3) is 0 Å². The lowest BCUT2D eigenvalue weighted by Gasteiger charge is -2.55. The Morgan fingerprint density at radius 2 is 1.86 bits per heavy atom. The Balaban J connectivity index is 1.32. The molecule has 4 fully saturated rings. The number of nitrogens with zero attached hydrogens (tertiary/aromatic N) is 4. The third-order valence-corrected chi connectivity index (χ3v) is 8.05. The molecule has 2 aromatic rings. The Morgan fingerprint density at radius 1 is 1.17 bits per heavy atom. The van der Waals surface area contributed by atoms with Crippen molar-refractivity contribution in [2.75, 3.05) is 5.32 Å². The van der Waals surface area contributed by atoms with E-state index in [1.54, 1.807) is 0 Å². The van der Waals surface area contributed by atoms with Crippen LogP contribution in [0.4, 0.5) is 5.13 Å². The van der Waals surface area contributed by atoms with E-state index in [1.807, 2.05) is 0 Å². The first kappa shape index (κ1) is 18.9. The van der Waals surface area contributed by atoms with Gasteiger partial charge in [-0.2, -0.15) is 5.10 Å². The molecule has 0 radical (unpaired) electrons. The molecule has 4 aliphatic carbocycles. The summed E-state index contributed by atoms with van der Waals surface area (Å²) in [7, 11) is 0. The molecule has 0 aliphatic heterocycles. The number of aromatic nitrogens is 4. The predicted molar refractivity (Wildman–Crippen MR) is 111 cm³/mol. The van der Waals surface area contributed by atoms with Crippen LogP contribution in [0.15, 0.2) is 16.9 Å². The van der Waals surface area contributed by atoms with Crippen LogP contribution in [-0.2, 0) is 12.0 Å². The number of carbonyl (C=O) groups is 1. The number of amides is 1. The molecule has 6 rings (SSSR count). The summed E-state index contributed by atoms with van der Waals surface area (Å²) in [5.74, 6) is 2.19. The molecule has 0 spiro atoms. The molecular formula is C21H27N5O2S. The summed E-state index contributed by atoms with van der Waals surface area (Å²) < 4.78 is 1.36. The average molecular weight is 414 g/mol. The normalized spacial score (nSPS) is 29.9. The zero-order valence-corrected chi connectivity index (χ0v) is 17.6. The van der Waals surface area contributed by atoms with Gasteiger partial charge in [0.05, 0.1) is 0 Å². The monoisotopic (exact) mass is 413 g/mol. The highest BCUT2D eigenvalue weighted by atomic mass is 32.1. The van der Waals surface area contributed by atoms with E-state index in [9.17, 15) is 9.59 Å². The summed E-state index contributed by atoms with van der Waals surface area (Å²) in [6, 6.07) is 2.87. The minimum atomic E-state index is -0.344. The lowest BCUT2D eigenvalue weighted by molar-refractivity contribution is -0.00555. The van der Waals surface area contributed by atoms with E-state index >= 15 is 0 Å². The van der Waals surface area contributed by atoms with Gasteiger partial charge < -0.3 is 0 Å². The second-order valence-corrected chi connectivity index (χ2v) is 10.2. The molecule has 4 bridgehead atoms. The van der Waals surface area contributed by atoms with Crippen molar-refractivity contribution in [1.29, 1.82) is 0 Å². The molecule has 8 heteroatoms. The third kappa shape index (κ3) is 3.52. The van der Waals surface area contributed by atoms with Crippen LogP contribution in [0.3, 0.4) is 0 Å². The smallest absolute Gasteiger partial charge is 0.277 e. The van der Waals surface area contributed by atoms with Crippen LogP contribution in [0.5, 0.6) is 0 Å². The number of rotatable bonds is 6. The van der Waals surface area contributed by atoms with E-state index in [-0.39, 0.29) is 22.6 Å². The van der Waals surface area contributed by atoms with Crippen molar-refractivity contribution in [1.82, 2.24) is 20.0 Å². The Labute approximate surface area is 173 Å². The Kier molecular flexibility index (Phi) is 4.76. The van der Waals surface area contributed by atoms with Gasteiger partial charge in [0.15, 0.2) is 0 Å². The lowest BCUT2D eigenvalue weighted by atomic mass is 9.50. The van der Waals surface area contributed by atoms with Crippen LogP contribution in [0.2, 0.25) is 0 Å². The van der Waals surface area contributed by atoms with Crippen molar-refractivity contribution in [2.24, 2.45) is 17.8 Å². The molecule has 2 heterocycles. The molecule has 4 saturated carbocycles. The molecule has 0 unspecified atom stereocenters. The summed E-state index contributed by atoms with van der Waals surface area (Å²) in [5, 5.41) is 17.4. The molecule has 4 aliphatic rings. The van der Waals surface area contributed by atoms with Gasteiger partial charge in [0.2, 0.25) is 5.13 Å². The number of hydrogen-bond acceptors (Lipinski definition) is 6. The number of hydrogen-bond donors (Lipinski definition) is 1. The predicted octanol–water partition coefficient (Wildman–Crippen LogP) is 3.62. The van der Waals surface area contributed by atoms with Gasteiger partial charge in [0.25, 0.3) is 11.5 Å². The maximum absolute atomic E-state index is 12.7. The summed E-state index contributed by atoms with van der Waals surface area (Å²) in [5.41, 5.74) is 0.225. The largest absolute Gasteiger partial charge is 0.295 e. The molecule has 2 aromatic heterocycles. The van der Waals surface area contributed by atoms with Crippen LogP contribution >= 0.6 is 11.3 Å². The Bertz CT molecular complexity index is 946. The van der Waals surface area contributed by atoms with E-state index in [0.717, 1.165) is 35.6 Å². The lowest BCUT2D eigenvalue weighted by Crippen LogP contribution is -2.48. The second kappa shape index (κ2) is 7.31. The summed E-state index contributed by atoms with van der Waals surface area (Å²) in [6.45, 7) is 2.57. The second-order valence-electron chi connectivity index (χ2n) is 9.20. The van der Waals surface area contributed by atoms with Crippen molar-refractivity contribution in [3.05, 3.63) is 33.2 Å². The Morgan fingerprint density at radius 3 is 2.52 bits per heavy atom. The molecule has 1 N–H and O–H groups in total. The summed E-state index contributed by atoms with van der Waals surface area (Å²) >= 11 is 1.52. The van der Waals surface area contributed by atoms with Gasteiger partial charge >= 0.3 is 0 Å². The number of carbonyl (C=O) groups excluding carboxylic acids is 1. The van der Waals surface area contributed by atoms with Gasteiger partial charge in [-0.05, 0) is 68.8 Å². The highest BCUT2D eigenvalue weighted by Crippen LogP contribution is 2.61. The number of aryl methyl sites for hydroxylation is 1.